The summed E-state index contributed by atoms with van der Waals surface area (Å²) >= 11 is 5.70. The number of hydrogen-bond donors (Lipinski definition) is 2. The van der Waals surface area contributed by atoms with E-state index in [0.29, 0.717) is 13.0 Å². The van der Waals surface area contributed by atoms with Gasteiger partial charge in [0, 0.05) is 13.1 Å². The van der Waals surface area contributed by atoms with E-state index in [0.717, 1.165) is 18.5 Å². The van der Waals surface area contributed by atoms with Crippen molar-refractivity contribution in [1.82, 2.24) is 10.6 Å². The smallest absolute Gasteiger partial charge is 0.407 e. The van der Waals surface area contributed by atoms with Crippen molar-refractivity contribution in [2.45, 2.75) is 19.4 Å². The molecular formula is C15H19ClN2O3. The summed E-state index contributed by atoms with van der Waals surface area (Å²) in [5, 5.41) is 5.36. The van der Waals surface area contributed by atoms with Gasteiger partial charge in [0.15, 0.2) is 0 Å². The molecule has 1 atom stereocenters. The maximum atomic E-state index is 11.7. The van der Waals surface area contributed by atoms with Crippen molar-refractivity contribution in [3.63, 3.8) is 0 Å². The molecule has 0 aliphatic carbocycles. The molecule has 0 spiro atoms. The summed E-state index contributed by atoms with van der Waals surface area (Å²) < 4.78 is 5.12. The molecule has 1 aliphatic rings. The second-order valence-corrected chi connectivity index (χ2v) is 5.59. The van der Waals surface area contributed by atoms with Crippen LogP contribution in [0.2, 0.25) is 0 Å². The number of amides is 1. The first kappa shape index (κ1) is 15.8. The maximum absolute atomic E-state index is 11.7. The van der Waals surface area contributed by atoms with Gasteiger partial charge < -0.3 is 15.4 Å². The fraction of sp³-hybridized carbons (Fsp3) is 0.467. The van der Waals surface area contributed by atoms with Gasteiger partial charge in [0.2, 0.25) is 5.24 Å². The number of carbonyl (C=O) groups excluding carboxylic acids is 2. The molecule has 0 bridgehead atoms. The Balaban J connectivity index is 1.80. The van der Waals surface area contributed by atoms with E-state index >= 15 is 0 Å². The molecule has 6 heteroatoms. The van der Waals surface area contributed by atoms with Gasteiger partial charge in [-0.2, -0.15) is 0 Å². The van der Waals surface area contributed by atoms with Crippen LogP contribution in [0.4, 0.5) is 4.79 Å². The Morgan fingerprint density at radius 1 is 1.33 bits per heavy atom. The average molecular weight is 311 g/mol. The molecule has 1 aromatic carbocycles. The van der Waals surface area contributed by atoms with Crippen LogP contribution in [-0.2, 0) is 16.1 Å². The van der Waals surface area contributed by atoms with Crippen molar-refractivity contribution < 1.29 is 14.3 Å². The van der Waals surface area contributed by atoms with E-state index in [4.69, 9.17) is 16.3 Å². The number of hydrogen-bond acceptors (Lipinski definition) is 4. The van der Waals surface area contributed by atoms with E-state index in [9.17, 15) is 9.59 Å². The molecule has 1 amide bonds. The van der Waals surface area contributed by atoms with Crippen LogP contribution in [0.1, 0.15) is 18.4 Å². The molecule has 21 heavy (non-hydrogen) atoms. The molecule has 5 nitrogen and oxygen atoms in total. The lowest BCUT2D eigenvalue weighted by Gasteiger charge is -2.34. The summed E-state index contributed by atoms with van der Waals surface area (Å²) in [6.45, 7) is 1.74. The molecule has 2 rings (SSSR count). The normalized spacial score (nSPS) is 21.6. The van der Waals surface area contributed by atoms with E-state index < -0.39 is 16.8 Å². The van der Waals surface area contributed by atoms with Crippen molar-refractivity contribution in [2.75, 3.05) is 19.6 Å². The summed E-state index contributed by atoms with van der Waals surface area (Å²) in [5.41, 5.74) is 0.182. The fourth-order valence-electron chi connectivity index (χ4n) is 2.37. The number of piperidine rings is 1. The molecule has 1 aromatic rings. The Labute approximate surface area is 129 Å². The number of halogens is 1. The summed E-state index contributed by atoms with van der Waals surface area (Å²) in [6.07, 6.45) is 0.988. The topological polar surface area (TPSA) is 67.4 Å². The molecule has 0 aromatic heterocycles. The summed E-state index contributed by atoms with van der Waals surface area (Å²) in [5.74, 6) is 0. The van der Waals surface area contributed by atoms with Gasteiger partial charge in [0.05, 0.1) is 5.41 Å². The van der Waals surface area contributed by atoms with Crippen molar-refractivity contribution in [3.8, 4) is 0 Å². The second kappa shape index (κ2) is 7.43. The van der Waals surface area contributed by atoms with Gasteiger partial charge in [-0.3, -0.25) is 4.79 Å². The molecule has 0 saturated carbocycles. The molecule has 1 fully saturated rings. The molecule has 0 radical (unpaired) electrons. The SMILES string of the molecule is O=C(NCC1(C(=O)Cl)CCCNC1)OCc1ccccc1. The van der Waals surface area contributed by atoms with Gasteiger partial charge in [0.25, 0.3) is 0 Å². The third kappa shape index (κ3) is 4.44. The number of benzene rings is 1. The lowest BCUT2D eigenvalue weighted by Crippen LogP contribution is -2.50. The maximum Gasteiger partial charge on any atom is 0.407 e. The van der Waals surface area contributed by atoms with Crippen molar-refractivity contribution in [2.24, 2.45) is 5.41 Å². The van der Waals surface area contributed by atoms with Crippen LogP contribution < -0.4 is 10.6 Å². The Kier molecular flexibility index (Phi) is 5.59. The van der Waals surface area contributed by atoms with Gasteiger partial charge in [-0.15, -0.1) is 0 Å². The van der Waals surface area contributed by atoms with E-state index in [-0.39, 0.29) is 13.2 Å². The Morgan fingerprint density at radius 3 is 2.71 bits per heavy atom. The van der Waals surface area contributed by atoms with E-state index in [1.165, 1.54) is 0 Å². The Morgan fingerprint density at radius 2 is 2.10 bits per heavy atom. The summed E-state index contributed by atoms with van der Waals surface area (Å²) in [6, 6.07) is 9.41. The van der Waals surface area contributed by atoms with Crippen LogP contribution in [-0.4, -0.2) is 31.0 Å². The largest absolute Gasteiger partial charge is 0.445 e. The molecule has 1 aliphatic heterocycles. The highest BCUT2D eigenvalue weighted by Crippen LogP contribution is 2.28. The molecule has 2 N–H and O–H groups in total. The highest BCUT2D eigenvalue weighted by Gasteiger charge is 2.38. The minimum Gasteiger partial charge on any atom is -0.445 e. The summed E-state index contributed by atoms with van der Waals surface area (Å²) in [7, 11) is 0. The van der Waals surface area contributed by atoms with Crippen LogP contribution in [0.25, 0.3) is 0 Å². The molecule has 1 heterocycles. The first-order valence-electron chi connectivity index (χ1n) is 6.98. The fourth-order valence-corrected chi connectivity index (χ4v) is 2.60. The van der Waals surface area contributed by atoms with Crippen LogP contribution >= 0.6 is 11.6 Å². The van der Waals surface area contributed by atoms with Crippen molar-refractivity contribution >= 4 is 22.9 Å². The van der Waals surface area contributed by atoms with Crippen LogP contribution in [0.3, 0.4) is 0 Å². The number of carbonyl (C=O) groups is 2. The quantitative estimate of drug-likeness (QED) is 0.817. The van der Waals surface area contributed by atoms with Crippen LogP contribution in [0.15, 0.2) is 30.3 Å². The zero-order chi connectivity index (χ0) is 15.1. The number of ether oxygens (including phenoxy) is 1. The number of alkyl carbamates (subject to hydrolysis) is 1. The van der Waals surface area contributed by atoms with Gasteiger partial charge in [-0.25, -0.2) is 4.79 Å². The third-order valence-corrected chi connectivity index (χ3v) is 4.07. The summed E-state index contributed by atoms with van der Waals surface area (Å²) in [4.78, 5) is 23.4. The van der Waals surface area contributed by atoms with Crippen molar-refractivity contribution in [3.05, 3.63) is 35.9 Å². The van der Waals surface area contributed by atoms with Gasteiger partial charge >= 0.3 is 6.09 Å². The highest BCUT2D eigenvalue weighted by atomic mass is 35.5. The number of rotatable bonds is 5. The van der Waals surface area contributed by atoms with E-state index in [2.05, 4.69) is 10.6 Å². The lowest BCUT2D eigenvalue weighted by molar-refractivity contribution is -0.121. The van der Waals surface area contributed by atoms with Crippen LogP contribution in [0, 0.1) is 5.41 Å². The minimum absolute atomic E-state index is 0.190. The zero-order valence-electron chi connectivity index (χ0n) is 11.7. The van der Waals surface area contributed by atoms with Crippen molar-refractivity contribution in [1.29, 1.82) is 0 Å². The standard InChI is InChI=1S/C15H19ClN2O3/c16-13(19)15(7-4-8-17-10-15)11-18-14(20)21-9-12-5-2-1-3-6-12/h1-3,5-6,17H,4,7-11H2,(H,18,20). The minimum atomic E-state index is -0.731. The zero-order valence-corrected chi connectivity index (χ0v) is 12.5. The average Bonchev–Trinajstić information content (AvgIpc) is 2.52. The molecule has 114 valence electrons. The predicted molar refractivity (Wildman–Crippen MR) is 80.0 cm³/mol. The molecular weight excluding hydrogens is 292 g/mol. The van der Waals surface area contributed by atoms with Gasteiger partial charge in [-0.05, 0) is 36.6 Å². The number of nitrogens with one attached hydrogen (secondary N) is 2. The highest BCUT2D eigenvalue weighted by molar-refractivity contribution is 6.64. The molecule has 1 saturated heterocycles. The Hall–Kier alpha value is -1.59. The third-order valence-electron chi connectivity index (χ3n) is 3.67. The van der Waals surface area contributed by atoms with Crippen LogP contribution in [0.5, 0.6) is 0 Å². The van der Waals surface area contributed by atoms with Gasteiger partial charge in [-0.1, -0.05) is 30.3 Å². The first-order chi connectivity index (χ1) is 10.1. The second-order valence-electron chi connectivity index (χ2n) is 5.25. The van der Waals surface area contributed by atoms with E-state index in [1.54, 1.807) is 0 Å². The van der Waals surface area contributed by atoms with E-state index in [1.807, 2.05) is 30.3 Å². The lowest BCUT2D eigenvalue weighted by atomic mass is 9.82. The monoisotopic (exact) mass is 310 g/mol. The first-order valence-corrected chi connectivity index (χ1v) is 7.35. The van der Waals surface area contributed by atoms with Gasteiger partial charge in [0.1, 0.15) is 6.61 Å². The molecule has 1 unspecified atom stereocenters. The Bertz CT molecular complexity index is 487. The predicted octanol–water partition coefficient (Wildman–Crippen LogP) is 2.05.